The molecule has 0 amide bonds. The highest BCUT2D eigenvalue weighted by molar-refractivity contribution is 7.80. The van der Waals surface area contributed by atoms with E-state index in [2.05, 4.69) is 12.6 Å². The molecule has 2 N–H and O–H groups in total. The molecule has 12 heavy (non-hydrogen) atoms. The second-order valence-corrected chi connectivity index (χ2v) is 3.28. The second-order valence-electron chi connectivity index (χ2n) is 2.76. The van der Waals surface area contributed by atoms with E-state index in [4.69, 9.17) is 5.73 Å². The molecule has 0 aliphatic rings. The third-order valence-electron chi connectivity index (χ3n) is 1.57. The van der Waals surface area contributed by atoms with E-state index in [-0.39, 0.29) is 5.78 Å². The van der Waals surface area contributed by atoms with Gasteiger partial charge in [0, 0.05) is 17.0 Å². The summed E-state index contributed by atoms with van der Waals surface area (Å²) in [6, 6.07) is 5.41. The molecule has 0 unspecified atom stereocenters. The molecule has 1 rings (SSSR count). The topological polar surface area (TPSA) is 43.1 Å². The van der Waals surface area contributed by atoms with Crippen molar-refractivity contribution in [2.45, 2.75) is 18.2 Å². The van der Waals surface area contributed by atoms with Crippen LogP contribution in [0.1, 0.15) is 12.5 Å². The molecule has 2 nitrogen and oxygen atoms in total. The lowest BCUT2D eigenvalue weighted by molar-refractivity contribution is -0.116. The summed E-state index contributed by atoms with van der Waals surface area (Å²) in [5.41, 5.74) is 7.18. The number of hydrogen-bond donors (Lipinski definition) is 2. The van der Waals surface area contributed by atoms with Gasteiger partial charge in [-0.25, -0.2) is 0 Å². The Bertz CT molecular complexity index is 309. The van der Waals surface area contributed by atoms with Crippen LogP contribution in [0.25, 0.3) is 0 Å². The van der Waals surface area contributed by atoms with Gasteiger partial charge in [0.25, 0.3) is 0 Å². The Kier molecular flexibility index (Phi) is 2.76. The van der Waals surface area contributed by atoms with Gasteiger partial charge in [0.1, 0.15) is 5.78 Å². The highest BCUT2D eigenvalue weighted by Gasteiger charge is 2.01. The zero-order valence-corrected chi connectivity index (χ0v) is 7.77. The Morgan fingerprint density at radius 2 is 2.25 bits per heavy atom. The maximum absolute atomic E-state index is 10.8. The summed E-state index contributed by atoms with van der Waals surface area (Å²) in [5, 5.41) is 0. The lowest BCUT2D eigenvalue weighted by Crippen LogP contribution is -2.00. The largest absolute Gasteiger partial charge is 0.398 e. The van der Waals surface area contributed by atoms with Crippen molar-refractivity contribution in [1.82, 2.24) is 0 Å². The Hall–Kier alpha value is -0.960. The van der Waals surface area contributed by atoms with Crippen molar-refractivity contribution in [3.8, 4) is 0 Å². The van der Waals surface area contributed by atoms with E-state index in [0.717, 1.165) is 10.5 Å². The van der Waals surface area contributed by atoms with E-state index in [1.54, 1.807) is 13.0 Å². The molecule has 0 atom stereocenters. The normalized spacial score (nSPS) is 9.83. The van der Waals surface area contributed by atoms with E-state index >= 15 is 0 Å². The molecule has 1 aromatic rings. The summed E-state index contributed by atoms with van der Waals surface area (Å²) in [4.78, 5) is 11.6. The van der Waals surface area contributed by atoms with E-state index < -0.39 is 0 Å². The van der Waals surface area contributed by atoms with Crippen LogP contribution in [0.4, 0.5) is 5.69 Å². The van der Waals surface area contributed by atoms with Gasteiger partial charge >= 0.3 is 0 Å². The summed E-state index contributed by atoms with van der Waals surface area (Å²) in [6.45, 7) is 1.55. The lowest BCUT2D eigenvalue weighted by Gasteiger charge is -2.03. The van der Waals surface area contributed by atoms with Crippen molar-refractivity contribution in [3.05, 3.63) is 23.8 Å². The molecule has 0 spiro atoms. The number of thiol groups is 1. The summed E-state index contributed by atoms with van der Waals surface area (Å²) in [6.07, 6.45) is 0.403. The Labute approximate surface area is 77.2 Å². The van der Waals surface area contributed by atoms with Crippen LogP contribution >= 0.6 is 12.6 Å². The van der Waals surface area contributed by atoms with Crippen LogP contribution < -0.4 is 5.73 Å². The summed E-state index contributed by atoms with van der Waals surface area (Å²) in [7, 11) is 0. The SMILES string of the molecule is CC(=O)Cc1ccc(S)cc1N. The monoisotopic (exact) mass is 181 g/mol. The highest BCUT2D eigenvalue weighted by Crippen LogP contribution is 2.17. The molecular weight excluding hydrogens is 170 g/mol. The quantitative estimate of drug-likeness (QED) is 0.538. The number of hydrogen-bond acceptors (Lipinski definition) is 3. The first kappa shape index (κ1) is 9.13. The number of ketones is 1. The van der Waals surface area contributed by atoms with Crippen molar-refractivity contribution in [1.29, 1.82) is 0 Å². The average molecular weight is 181 g/mol. The van der Waals surface area contributed by atoms with Crippen molar-refractivity contribution in [3.63, 3.8) is 0 Å². The number of benzene rings is 1. The standard InChI is InChI=1S/C9H11NOS/c1-6(11)4-7-2-3-8(12)5-9(7)10/h2-3,5,12H,4,10H2,1H3. The van der Waals surface area contributed by atoms with Crippen LogP contribution in [0.3, 0.4) is 0 Å². The van der Waals surface area contributed by atoms with Crippen molar-refractivity contribution in [2.75, 3.05) is 5.73 Å². The van der Waals surface area contributed by atoms with Gasteiger partial charge in [0.15, 0.2) is 0 Å². The first-order chi connectivity index (χ1) is 5.59. The van der Waals surface area contributed by atoms with Crippen LogP contribution in [0.5, 0.6) is 0 Å². The summed E-state index contributed by atoms with van der Waals surface area (Å²) >= 11 is 4.13. The average Bonchev–Trinajstić information content (AvgIpc) is 1.94. The molecule has 0 radical (unpaired) electrons. The Morgan fingerprint density at radius 1 is 1.58 bits per heavy atom. The number of nitrogens with two attached hydrogens (primary N) is 1. The maximum Gasteiger partial charge on any atom is 0.134 e. The fourth-order valence-corrected chi connectivity index (χ4v) is 1.23. The fraction of sp³-hybridized carbons (Fsp3) is 0.222. The smallest absolute Gasteiger partial charge is 0.134 e. The Balaban J connectivity index is 2.93. The molecule has 1 aromatic carbocycles. The predicted octanol–water partition coefficient (Wildman–Crippen LogP) is 1.69. The minimum atomic E-state index is 0.119. The van der Waals surface area contributed by atoms with Crippen molar-refractivity contribution >= 4 is 24.1 Å². The number of carbonyl (C=O) groups excluding carboxylic acids is 1. The molecule has 0 aliphatic heterocycles. The van der Waals surface area contributed by atoms with E-state index in [0.29, 0.717) is 12.1 Å². The van der Waals surface area contributed by atoms with Crippen molar-refractivity contribution < 1.29 is 4.79 Å². The van der Waals surface area contributed by atoms with E-state index in [9.17, 15) is 4.79 Å². The van der Waals surface area contributed by atoms with Gasteiger partial charge in [-0.1, -0.05) is 6.07 Å². The zero-order chi connectivity index (χ0) is 9.14. The maximum atomic E-state index is 10.8. The Morgan fingerprint density at radius 3 is 2.75 bits per heavy atom. The molecule has 0 aromatic heterocycles. The number of carbonyl (C=O) groups is 1. The number of rotatable bonds is 2. The van der Waals surface area contributed by atoms with Crippen LogP contribution in [-0.4, -0.2) is 5.78 Å². The van der Waals surface area contributed by atoms with Gasteiger partial charge in [0.2, 0.25) is 0 Å². The molecule has 0 aliphatic carbocycles. The number of anilines is 1. The van der Waals surface area contributed by atoms with Gasteiger partial charge in [-0.2, -0.15) is 0 Å². The summed E-state index contributed by atoms with van der Waals surface area (Å²) in [5.74, 6) is 0.119. The van der Waals surface area contributed by atoms with Gasteiger partial charge in [-0.15, -0.1) is 12.6 Å². The minimum absolute atomic E-state index is 0.119. The third-order valence-corrected chi connectivity index (χ3v) is 1.85. The highest BCUT2D eigenvalue weighted by atomic mass is 32.1. The molecule has 0 heterocycles. The molecule has 64 valence electrons. The van der Waals surface area contributed by atoms with Gasteiger partial charge in [-0.05, 0) is 24.6 Å². The van der Waals surface area contributed by atoms with Crippen LogP contribution in [0, 0.1) is 0 Å². The van der Waals surface area contributed by atoms with Crippen LogP contribution in [-0.2, 0) is 11.2 Å². The fourth-order valence-electron chi connectivity index (χ4n) is 1.01. The van der Waals surface area contributed by atoms with Crippen LogP contribution in [0.15, 0.2) is 23.1 Å². The molecule has 0 saturated heterocycles. The molecule has 3 heteroatoms. The molecule has 0 saturated carbocycles. The van der Waals surface area contributed by atoms with Gasteiger partial charge < -0.3 is 5.73 Å². The lowest BCUT2D eigenvalue weighted by atomic mass is 10.1. The van der Waals surface area contributed by atoms with Crippen molar-refractivity contribution in [2.24, 2.45) is 0 Å². The first-order valence-electron chi connectivity index (χ1n) is 3.66. The third kappa shape index (κ3) is 2.27. The van der Waals surface area contributed by atoms with Gasteiger partial charge in [0.05, 0.1) is 0 Å². The van der Waals surface area contributed by atoms with Crippen LogP contribution in [0.2, 0.25) is 0 Å². The molecule has 0 bridgehead atoms. The minimum Gasteiger partial charge on any atom is -0.398 e. The molecular formula is C9H11NOS. The van der Waals surface area contributed by atoms with E-state index in [1.807, 2.05) is 12.1 Å². The zero-order valence-electron chi connectivity index (χ0n) is 6.87. The second kappa shape index (κ2) is 3.63. The van der Waals surface area contributed by atoms with E-state index in [1.165, 1.54) is 0 Å². The summed E-state index contributed by atoms with van der Waals surface area (Å²) < 4.78 is 0. The predicted molar refractivity (Wildman–Crippen MR) is 52.5 cm³/mol. The number of nitrogen functional groups attached to an aromatic ring is 1. The van der Waals surface area contributed by atoms with Gasteiger partial charge in [-0.3, -0.25) is 4.79 Å². The molecule has 0 fully saturated rings. The number of Topliss-reactive ketones (excluding diaryl/α,β-unsaturated/α-hetero) is 1. The first-order valence-corrected chi connectivity index (χ1v) is 4.11.